The van der Waals surface area contributed by atoms with Crippen LogP contribution in [0, 0.1) is 15.9 Å². The van der Waals surface area contributed by atoms with E-state index in [4.69, 9.17) is 5.02 Å². The minimum Gasteiger partial charge on any atom is -0.433 e. The van der Waals surface area contributed by atoms with Crippen molar-refractivity contribution in [2.75, 3.05) is 5.23 Å². The number of hydrogen-bond donors (Lipinski definition) is 2. The minimum absolute atomic E-state index is 0.295. The third-order valence-electron chi connectivity index (χ3n) is 1.52. The summed E-state index contributed by atoms with van der Waals surface area (Å²) in [7, 11) is -0.837. The Kier molecular flexibility index (Phi) is 3.03. The fourth-order valence-electron chi connectivity index (χ4n) is 0.986. The molecule has 0 aliphatic rings. The smallest absolute Gasteiger partial charge is 0.406 e. The van der Waals surface area contributed by atoms with Crippen molar-refractivity contribution in [3.8, 4) is 0 Å². The van der Waals surface area contributed by atoms with Crippen LogP contribution in [0.4, 0.5) is 15.8 Å². The molecule has 5 nitrogen and oxygen atoms in total. The molecule has 0 fully saturated rings. The van der Waals surface area contributed by atoms with Gasteiger partial charge < -0.3 is 10.3 Å². The zero-order chi connectivity index (χ0) is 10.7. The van der Waals surface area contributed by atoms with E-state index in [0.717, 1.165) is 12.1 Å². The molecule has 0 aliphatic carbocycles. The van der Waals surface area contributed by atoms with Crippen molar-refractivity contribution in [1.29, 1.82) is 0 Å². The van der Waals surface area contributed by atoms with Gasteiger partial charge in [0, 0.05) is 17.8 Å². The Morgan fingerprint density at radius 2 is 2.29 bits per heavy atom. The first-order chi connectivity index (χ1) is 6.50. The van der Waals surface area contributed by atoms with Crippen LogP contribution < -0.4 is 5.23 Å². The molecule has 1 rings (SSSR count). The quantitative estimate of drug-likeness (QED) is 0.435. The molecule has 0 saturated heterocycles. The highest BCUT2D eigenvalue weighted by Crippen LogP contribution is 2.20. The summed E-state index contributed by atoms with van der Waals surface area (Å²) in [5.74, 6) is -0.930. The van der Waals surface area contributed by atoms with Crippen molar-refractivity contribution in [2.24, 2.45) is 0 Å². The Bertz CT molecular complexity index is 359. The summed E-state index contributed by atoms with van der Waals surface area (Å²) in [5.41, 5.74) is -0.288. The number of rotatable bonds is 3. The Labute approximate surface area is 79.8 Å². The average molecular weight is 198 g/mol. The van der Waals surface area contributed by atoms with Gasteiger partial charge in [0.25, 0.3) is 0 Å². The molecule has 0 radical (unpaired) electrons. The topological polar surface area (TPSA) is 75.4 Å². The van der Waals surface area contributed by atoms with E-state index < -0.39 is 23.5 Å². The van der Waals surface area contributed by atoms with Crippen LogP contribution >= 0.6 is 0 Å². The van der Waals surface area contributed by atoms with Crippen LogP contribution in [-0.2, 0) is 0 Å². The SMILES string of the molecule is CB(O)Nc1ccc([N+](=O)[O-])c(F)c1. The maximum atomic E-state index is 13.0. The second-order valence-electron chi connectivity index (χ2n) is 2.74. The lowest BCUT2D eigenvalue weighted by Crippen LogP contribution is -2.19. The zero-order valence-electron chi connectivity index (χ0n) is 7.40. The summed E-state index contributed by atoms with van der Waals surface area (Å²) in [6.45, 7) is 1.46. The summed E-state index contributed by atoms with van der Waals surface area (Å²) in [5, 5.41) is 21.7. The van der Waals surface area contributed by atoms with Crippen molar-refractivity contribution in [2.45, 2.75) is 6.82 Å². The van der Waals surface area contributed by atoms with Crippen molar-refractivity contribution >= 4 is 18.4 Å². The number of anilines is 1. The Morgan fingerprint density at radius 1 is 1.64 bits per heavy atom. The molecule has 74 valence electrons. The molecular formula is C7H8BFN2O3. The Balaban J connectivity index is 2.94. The maximum Gasteiger partial charge on any atom is 0.406 e. The van der Waals surface area contributed by atoms with Crippen LogP contribution in [0.15, 0.2) is 18.2 Å². The molecule has 1 aromatic carbocycles. The van der Waals surface area contributed by atoms with Crippen molar-refractivity contribution in [1.82, 2.24) is 0 Å². The van der Waals surface area contributed by atoms with E-state index in [9.17, 15) is 14.5 Å². The van der Waals surface area contributed by atoms with Gasteiger partial charge in [0.2, 0.25) is 5.82 Å². The average Bonchev–Trinajstić information content (AvgIpc) is 2.01. The van der Waals surface area contributed by atoms with E-state index in [0.29, 0.717) is 5.69 Å². The lowest BCUT2D eigenvalue weighted by Gasteiger charge is -2.05. The highest BCUT2D eigenvalue weighted by Gasteiger charge is 2.14. The second-order valence-corrected chi connectivity index (χ2v) is 2.74. The molecular weight excluding hydrogens is 190 g/mol. The first-order valence-corrected chi connectivity index (χ1v) is 3.89. The Morgan fingerprint density at radius 3 is 2.71 bits per heavy atom. The monoisotopic (exact) mass is 198 g/mol. The predicted octanol–water partition coefficient (Wildman–Crippen LogP) is 1.26. The highest BCUT2D eigenvalue weighted by atomic mass is 19.1. The van der Waals surface area contributed by atoms with E-state index in [-0.39, 0.29) is 0 Å². The summed E-state index contributed by atoms with van der Waals surface area (Å²) in [6.07, 6.45) is 0. The summed E-state index contributed by atoms with van der Waals surface area (Å²) >= 11 is 0. The van der Waals surface area contributed by atoms with Gasteiger partial charge in [0.15, 0.2) is 0 Å². The normalized spacial score (nSPS) is 9.64. The van der Waals surface area contributed by atoms with Gasteiger partial charge >= 0.3 is 12.7 Å². The van der Waals surface area contributed by atoms with Crippen LogP contribution in [0.5, 0.6) is 0 Å². The molecule has 0 bridgehead atoms. The molecule has 7 heteroatoms. The Hall–Kier alpha value is -1.63. The second kappa shape index (κ2) is 4.06. The third kappa shape index (κ3) is 2.43. The van der Waals surface area contributed by atoms with Crippen molar-refractivity contribution < 1.29 is 14.3 Å². The molecule has 0 spiro atoms. The summed E-state index contributed by atoms with van der Waals surface area (Å²) in [6, 6.07) is 3.33. The largest absolute Gasteiger partial charge is 0.433 e. The van der Waals surface area contributed by atoms with Crippen molar-refractivity contribution in [3.63, 3.8) is 0 Å². The predicted molar refractivity (Wildman–Crippen MR) is 50.5 cm³/mol. The van der Waals surface area contributed by atoms with Crippen LogP contribution in [0.25, 0.3) is 0 Å². The van der Waals surface area contributed by atoms with Crippen LogP contribution in [0.2, 0.25) is 6.82 Å². The molecule has 14 heavy (non-hydrogen) atoms. The van der Waals surface area contributed by atoms with E-state index in [2.05, 4.69) is 5.23 Å². The first kappa shape index (κ1) is 10.5. The highest BCUT2D eigenvalue weighted by molar-refractivity contribution is 6.52. The number of halogens is 1. The molecule has 0 heterocycles. The first-order valence-electron chi connectivity index (χ1n) is 3.89. The van der Waals surface area contributed by atoms with Crippen LogP contribution in [0.1, 0.15) is 0 Å². The number of nitro benzene ring substituents is 1. The maximum absolute atomic E-state index is 13.0. The summed E-state index contributed by atoms with van der Waals surface area (Å²) in [4.78, 5) is 9.45. The summed E-state index contributed by atoms with van der Waals surface area (Å²) < 4.78 is 13.0. The number of nitro groups is 1. The standard InChI is InChI=1S/C7H8BFN2O3/c1-8(12)10-5-2-3-7(11(13)14)6(9)4-5/h2-4,10,12H,1H3. The lowest BCUT2D eigenvalue weighted by atomic mass is 9.88. The molecule has 1 aromatic rings. The van der Waals surface area contributed by atoms with E-state index in [1.807, 2.05) is 0 Å². The zero-order valence-corrected chi connectivity index (χ0v) is 7.40. The van der Waals surface area contributed by atoms with E-state index in [1.54, 1.807) is 0 Å². The van der Waals surface area contributed by atoms with Gasteiger partial charge in [-0.25, -0.2) is 0 Å². The number of hydrogen-bond acceptors (Lipinski definition) is 4. The fraction of sp³-hybridized carbons (Fsp3) is 0.143. The van der Waals surface area contributed by atoms with Gasteiger partial charge in [0.05, 0.1) is 4.92 Å². The van der Waals surface area contributed by atoms with Crippen LogP contribution in [-0.4, -0.2) is 17.0 Å². The lowest BCUT2D eigenvalue weighted by molar-refractivity contribution is -0.387. The fourth-order valence-corrected chi connectivity index (χ4v) is 0.986. The number of benzene rings is 1. The molecule has 0 amide bonds. The van der Waals surface area contributed by atoms with Gasteiger partial charge in [0.1, 0.15) is 0 Å². The van der Waals surface area contributed by atoms with Crippen LogP contribution in [0.3, 0.4) is 0 Å². The van der Waals surface area contributed by atoms with Gasteiger partial charge in [-0.3, -0.25) is 10.1 Å². The number of nitrogens with one attached hydrogen (secondary N) is 1. The van der Waals surface area contributed by atoms with Gasteiger partial charge in [-0.15, -0.1) is 0 Å². The van der Waals surface area contributed by atoms with Gasteiger partial charge in [-0.1, -0.05) is 0 Å². The molecule has 0 aromatic heterocycles. The molecule has 0 aliphatic heterocycles. The minimum atomic E-state index is -0.930. The molecule has 2 N–H and O–H groups in total. The van der Waals surface area contributed by atoms with E-state index in [1.165, 1.54) is 12.9 Å². The van der Waals surface area contributed by atoms with Crippen molar-refractivity contribution in [3.05, 3.63) is 34.1 Å². The number of nitrogens with zero attached hydrogens (tertiary/aromatic N) is 1. The molecule has 0 saturated carbocycles. The molecule has 0 atom stereocenters. The third-order valence-corrected chi connectivity index (χ3v) is 1.52. The molecule has 0 unspecified atom stereocenters. The van der Waals surface area contributed by atoms with E-state index >= 15 is 0 Å². The van der Waals surface area contributed by atoms with Gasteiger partial charge in [-0.2, -0.15) is 4.39 Å². The van der Waals surface area contributed by atoms with Gasteiger partial charge in [-0.05, 0) is 12.9 Å².